The van der Waals surface area contributed by atoms with E-state index in [1.165, 1.54) is 11.8 Å². The SMILES string of the molecule is O=C(NC(CSCC1OC2OCCCCCC1C(O)C2O)C(=O)[O-])OCc1ccccc1.[Na+]. The molecule has 6 unspecified atom stereocenters. The van der Waals surface area contributed by atoms with Crippen molar-refractivity contribution >= 4 is 23.8 Å². The number of aliphatic hydroxyl groups excluding tert-OH is 2. The van der Waals surface area contributed by atoms with E-state index in [1.54, 1.807) is 12.1 Å². The van der Waals surface area contributed by atoms with Gasteiger partial charge in [0.1, 0.15) is 12.7 Å². The number of fused-ring (bicyclic) bond motifs is 7. The number of ether oxygens (including phenoxy) is 3. The van der Waals surface area contributed by atoms with Crippen molar-refractivity contribution in [3.05, 3.63) is 35.9 Å². The zero-order chi connectivity index (χ0) is 22.9. The first kappa shape index (κ1) is 28.4. The molecule has 9 nitrogen and oxygen atoms in total. The number of carboxylic acids is 1. The molecular formula is C22H30NNaO8S. The zero-order valence-electron chi connectivity index (χ0n) is 18.8. The molecule has 4 rings (SSSR count). The van der Waals surface area contributed by atoms with Gasteiger partial charge in [0.2, 0.25) is 0 Å². The molecular weight excluding hydrogens is 461 g/mol. The van der Waals surface area contributed by atoms with Gasteiger partial charge in [0, 0.05) is 24.0 Å². The number of nitrogens with one attached hydrogen (secondary N) is 1. The summed E-state index contributed by atoms with van der Waals surface area (Å²) < 4.78 is 16.5. The van der Waals surface area contributed by atoms with E-state index in [1.807, 2.05) is 18.2 Å². The van der Waals surface area contributed by atoms with Crippen molar-refractivity contribution in [3.8, 4) is 0 Å². The second kappa shape index (κ2) is 14.5. The fourth-order valence-electron chi connectivity index (χ4n) is 3.88. The number of aliphatic hydroxyl groups is 2. The number of carbonyl (C=O) groups excluding carboxylic acids is 2. The van der Waals surface area contributed by atoms with Crippen LogP contribution in [0.4, 0.5) is 4.79 Å². The molecule has 178 valence electrons. The molecule has 1 amide bonds. The minimum atomic E-state index is -1.42. The van der Waals surface area contributed by atoms with E-state index >= 15 is 0 Å². The van der Waals surface area contributed by atoms with Crippen LogP contribution in [0.15, 0.2) is 30.3 Å². The second-order valence-corrected chi connectivity index (χ2v) is 9.10. The normalized spacial score (nSPS) is 28.2. The summed E-state index contributed by atoms with van der Waals surface area (Å²) in [6.45, 7) is 0.472. The summed E-state index contributed by atoms with van der Waals surface area (Å²) in [5, 5.41) is 34.6. The topological polar surface area (TPSA) is 137 Å². The molecule has 0 aliphatic carbocycles. The standard InChI is InChI=1S/C22H31NO8S.Na/c24-18-15-9-5-2-6-10-29-21(19(18)25)31-17(15)13-32-12-16(20(26)27)23-22(28)30-11-14-7-3-1-4-8-14;/h1,3-4,7-8,15-19,21,24-25H,2,5-6,9-13H2,(H,23,28)(H,26,27);/q;+1/p-1. The average molecular weight is 492 g/mol. The van der Waals surface area contributed by atoms with Gasteiger partial charge in [-0.25, -0.2) is 4.79 Å². The number of rotatable bonds is 8. The molecule has 0 spiro atoms. The van der Waals surface area contributed by atoms with E-state index in [0.29, 0.717) is 18.8 Å². The van der Waals surface area contributed by atoms with Gasteiger partial charge in [-0.15, -0.1) is 0 Å². The Labute approximate surface area is 219 Å². The van der Waals surface area contributed by atoms with Crippen LogP contribution in [0.25, 0.3) is 0 Å². The van der Waals surface area contributed by atoms with Crippen LogP contribution < -0.4 is 40.0 Å². The Balaban J connectivity index is 0.00000385. The van der Waals surface area contributed by atoms with Gasteiger partial charge in [-0.05, 0) is 18.4 Å². The third-order valence-corrected chi connectivity index (χ3v) is 6.81. The van der Waals surface area contributed by atoms with Crippen LogP contribution in [0.5, 0.6) is 0 Å². The third-order valence-electron chi connectivity index (χ3n) is 5.67. The number of hydrogen-bond acceptors (Lipinski definition) is 9. The van der Waals surface area contributed by atoms with Crippen molar-refractivity contribution < 1.29 is 68.7 Å². The summed E-state index contributed by atoms with van der Waals surface area (Å²) >= 11 is 1.26. The molecule has 0 aromatic heterocycles. The predicted octanol–water partition coefficient (Wildman–Crippen LogP) is -2.58. The zero-order valence-corrected chi connectivity index (χ0v) is 21.6. The van der Waals surface area contributed by atoms with Gasteiger partial charge in [0.25, 0.3) is 0 Å². The number of benzene rings is 1. The summed E-state index contributed by atoms with van der Waals surface area (Å²) in [7, 11) is 0. The van der Waals surface area contributed by atoms with Gasteiger partial charge < -0.3 is 39.6 Å². The van der Waals surface area contributed by atoms with Gasteiger partial charge >= 0.3 is 35.7 Å². The van der Waals surface area contributed by atoms with Crippen LogP contribution in [0, 0.1) is 5.92 Å². The molecule has 3 fully saturated rings. The Morgan fingerprint density at radius 1 is 1.18 bits per heavy atom. The van der Waals surface area contributed by atoms with E-state index in [0.717, 1.165) is 24.8 Å². The Morgan fingerprint density at radius 2 is 1.94 bits per heavy atom. The average Bonchev–Trinajstić information content (AvgIpc) is 2.79. The predicted molar refractivity (Wildman–Crippen MR) is 114 cm³/mol. The van der Waals surface area contributed by atoms with Crippen LogP contribution in [0.1, 0.15) is 31.2 Å². The summed E-state index contributed by atoms with van der Waals surface area (Å²) in [5.74, 6) is -1.28. The summed E-state index contributed by atoms with van der Waals surface area (Å²) in [5.41, 5.74) is 0.785. The van der Waals surface area contributed by atoms with Gasteiger partial charge in [-0.2, -0.15) is 11.8 Å². The summed E-state index contributed by atoms with van der Waals surface area (Å²) in [6.07, 6.45) is -0.835. The van der Waals surface area contributed by atoms with E-state index < -0.39 is 42.7 Å². The molecule has 33 heavy (non-hydrogen) atoms. The number of amides is 1. The van der Waals surface area contributed by atoms with Gasteiger partial charge in [0.15, 0.2) is 6.29 Å². The maximum atomic E-state index is 12.0. The number of carbonyl (C=O) groups is 2. The Morgan fingerprint density at radius 3 is 2.67 bits per heavy atom. The maximum Gasteiger partial charge on any atom is 1.00 e. The van der Waals surface area contributed by atoms with Gasteiger partial charge in [-0.3, -0.25) is 0 Å². The van der Waals surface area contributed by atoms with Crippen molar-refractivity contribution in [3.63, 3.8) is 0 Å². The molecule has 3 saturated heterocycles. The number of alkyl carbamates (subject to hydrolysis) is 1. The van der Waals surface area contributed by atoms with Gasteiger partial charge in [-0.1, -0.05) is 43.2 Å². The van der Waals surface area contributed by atoms with Crippen molar-refractivity contribution in [2.75, 3.05) is 18.1 Å². The summed E-state index contributed by atoms with van der Waals surface area (Å²) in [4.78, 5) is 23.5. The molecule has 2 bridgehead atoms. The molecule has 1 aromatic carbocycles. The van der Waals surface area contributed by atoms with Crippen molar-refractivity contribution in [1.29, 1.82) is 0 Å². The number of aliphatic carboxylic acids is 1. The first-order chi connectivity index (χ1) is 15.5. The number of hydrogen-bond donors (Lipinski definition) is 3. The number of thioether (sulfide) groups is 1. The minimum Gasteiger partial charge on any atom is -0.548 e. The smallest absolute Gasteiger partial charge is 0.548 e. The monoisotopic (exact) mass is 491 g/mol. The first-order valence-corrected chi connectivity index (χ1v) is 12.0. The second-order valence-electron chi connectivity index (χ2n) is 8.02. The fraction of sp³-hybridized carbons (Fsp3) is 0.636. The van der Waals surface area contributed by atoms with Crippen LogP contribution in [-0.4, -0.2) is 71.0 Å². The van der Waals surface area contributed by atoms with Crippen LogP contribution in [0.3, 0.4) is 0 Å². The molecule has 6 atom stereocenters. The molecule has 3 heterocycles. The fourth-order valence-corrected chi connectivity index (χ4v) is 5.03. The van der Waals surface area contributed by atoms with E-state index in [9.17, 15) is 24.9 Å². The maximum absolute atomic E-state index is 12.0. The van der Waals surface area contributed by atoms with Crippen LogP contribution in [0.2, 0.25) is 0 Å². The van der Waals surface area contributed by atoms with Crippen molar-refractivity contribution in [2.24, 2.45) is 5.92 Å². The molecule has 3 N–H and O–H groups in total. The van der Waals surface area contributed by atoms with Crippen molar-refractivity contribution in [1.82, 2.24) is 5.32 Å². The third kappa shape index (κ3) is 8.70. The van der Waals surface area contributed by atoms with Crippen molar-refractivity contribution in [2.45, 2.75) is 62.9 Å². The quantitative estimate of drug-likeness (QED) is 0.335. The summed E-state index contributed by atoms with van der Waals surface area (Å²) in [6, 6.07) is 7.81. The molecule has 1 aromatic rings. The Kier molecular flexibility index (Phi) is 12.5. The largest absolute Gasteiger partial charge is 1.00 e. The van der Waals surface area contributed by atoms with E-state index in [-0.39, 0.29) is 47.8 Å². The molecule has 0 saturated carbocycles. The van der Waals surface area contributed by atoms with Crippen LogP contribution in [-0.2, 0) is 25.6 Å². The van der Waals surface area contributed by atoms with E-state index in [2.05, 4.69) is 5.32 Å². The van der Waals surface area contributed by atoms with Crippen LogP contribution >= 0.6 is 11.8 Å². The van der Waals surface area contributed by atoms with E-state index in [4.69, 9.17) is 14.2 Å². The molecule has 11 heteroatoms. The molecule has 3 aliphatic heterocycles. The Bertz CT molecular complexity index is 740. The first-order valence-electron chi connectivity index (χ1n) is 10.8. The van der Waals surface area contributed by atoms with Gasteiger partial charge in [0.05, 0.1) is 24.2 Å². The molecule has 3 aliphatic rings. The minimum absolute atomic E-state index is 0. The Hall–Kier alpha value is -0.850. The molecule has 0 radical (unpaired) electrons. The number of carboxylic acid groups (broad SMARTS) is 1.